The quantitative estimate of drug-likeness (QED) is 0.776. The third-order valence-corrected chi connectivity index (χ3v) is 3.93. The van der Waals surface area contributed by atoms with E-state index in [1.54, 1.807) is 6.20 Å². The minimum absolute atomic E-state index is 0.374. The molecule has 1 saturated carbocycles. The van der Waals surface area contributed by atoms with Gasteiger partial charge in [0.25, 0.3) is 0 Å². The Morgan fingerprint density at radius 3 is 3.12 bits per heavy atom. The van der Waals surface area contributed by atoms with Crippen molar-refractivity contribution in [2.24, 2.45) is 5.92 Å². The molecule has 1 aliphatic carbocycles. The number of ether oxygens (including phenoxy) is 1. The van der Waals surface area contributed by atoms with E-state index in [0.717, 1.165) is 16.3 Å². The predicted octanol–water partition coefficient (Wildman–Crippen LogP) is 4.19. The third kappa shape index (κ3) is 2.97. The smallest absolute Gasteiger partial charge is 0.152 e. The van der Waals surface area contributed by atoms with Gasteiger partial charge < -0.3 is 4.74 Å². The fourth-order valence-corrected chi connectivity index (χ4v) is 2.70. The molecule has 2 rings (SSSR count). The standard InChI is InChI=1S/C13H18BrNO/c1-2-10-5-3-6-11(9-10)16-12-7-4-8-15-13(12)14/h4,7-8,10-11H,2-3,5-6,9H2,1H3. The molecule has 1 fully saturated rings. The van der Waals surface area contributed by atoms with Crippen LogP contribution in [0.5, 0.6) is 5.75 Å². The second-order valence-corrected chi connectivity index (χ2v) is 5.22. The van der Waals surface area contributed by atoms with E-state index in [0.29, 0.717) is 6.10 Å². The van der Waals surface area contributed by atoms with Crippen LogP contribution in [0.3, 0.4) is 0 Å². The van der Waals surface area contributed by atoms with Crippen molar-refractivity contribution >= 4 is 15.9 Å². The van der Waals surface area contributed by atoms with Crippen LogP contribution in [-0.4, -0.2) is 11.1 Å². The van der Waals surface area contributed by atoms with Crippen LogP contribution in [-0.2, 0) is 0 Å². The molecule has 1 aromatic rings. The van der Waals surface area contributed by atoms with Crippen LogP contribution < -0.4 is 4.74 Å². The van der Waals surface area contributed by atoms with Crippen molar-refractivity contribution in [1.29, 1.82) is 0 Å². The monoisotopic (exact) mass is 283 g/mol. The SMILES string of the molecule is CCC1CCCC(Oc2cccnc2Br)C1. The first kappa shape index (κ1) is 11.9. The van der Waals surface area contributed by atoms with Gasteiger partial charge in [0.1, 0.15) is 4.60 Å². The average Bonchev–Trinajstić information content (AvgIpc) is 2.32. The Balaban J connectivity index is 1.97. The molecule has 0 N–H and O–H groups in total. The lowest BCUT2D eigenvalue weighted by molar-refractivity contribution is 0.121. The van der Waals surface area contributed by atoms with Crippen LogP contribution in [0, 0.1) is 5.92 Å². The van der Waals surface area contributed by atoms with Gasteiger partial charge in [0.15, 0.2) is 5.75 Å². The molecule has 0 saturated heterocycles. The maximum absolute atomic E-state index is 6.01. The van der Waals surface area contributed by atoms with Crippen molar-refractivity contribution in [3.05, 3.63) is 22.9 Å². The summed E-state index contributed by atoms with van der Waals surface area (Å²) in [7, 11) is 0. The molecule has 0 aliphatic heterocycles. The highest BCUT2D eigenvalue weighted by Crippen LogP contribution is 2.31. The number of halogens is 1. The highest BCUT2D eigenvalue weighted by atomic mass is 79.9. The van der Waals surface area contributed by atoms with Crippen molar-refractivity contribution in [3.63, 3.8) is 0 Å². The number of hydrogen-bond donors (Lipinski definition) is 0. The van der Waals surface area contributed by atoms with Gasteiger partial charge in [-0.2, -0.15) is 0 Å². The summed E-state index contributed by atoms with van der Waals surface area (Å²) in [5.74, 6) is 1.72. The minimum Gasteiger partial charge on any atom is -0.488 e. The van der Waals surface area contributed by atoms with Crippen molar-refractivity contribution in [2.45, 2.75) is 45.1 Å². The van der Waals surface area contributed by atoms with Crippen LogP contribution in [0.25, 0.3) is 0 Å². The van der Waals surface area contributed by atoms with Gasteiger partial charge in [-0.05, 0) is 53.2 Å². The zero-order valence-electron chi connectivity index (χ0n) is 9.66. The molecule has 0 amide bonds. The summed E-state index contributed by atoms with van der Waals surface area (Å²) in [5.41, 5.74) is 0. The molecular weight excluding hydrogens is 266 g/mol. The predicted molar refractivity (Wildman–Crippen MR) is 68.6 cm³/mol. The van der Waals surface area contributed by atoms with Gasteiger partial charge in [0.2, 0.25) is 0 Å². The first-order valence-electron chi connectivity index (χ1n) is 6.06. The molecule has 0 bridgehead atoms. The van der Waals surface area contributed by atoms with Crippen LogP contribution >= 0.6 is 15.9 Å². The lowest BCUT2D eigenvalue weighted by Crippen LogP contribution is -2.25. The van der Waals surface area contributed by atoms with E-state index in [2.05, 4.69) is 27.8 Å². The molecule has 16 heavy (non-hydrogen) atoms. The van der Waals surface area contributed by atoms with E-state index >= 15 is 0 Å². The summed E-state index contributed by atoms with van der Waals surface area (Å²) in [5, 5.41) is 0. The maximum atomic E-state index is 6.01. The van der Waals surface area contributed by atoms with Crippen molar-refractivity contribution < 1.29 is 4.74 Å². The number of pyridine rings is 1. The molecule has 3 heteroatoms. The van der Waals surface area contributed by atoms with E-state index in [1.807, 2.05) is 12.1 Å². The Morgan fingerprint density at radius 2 is 2.38 bits per heavy atom. The zero-order chi connectivity index (χ0) is 11.4. The van der Waals surface area contributed by atoms with Gasteiger partial charge in [-0.15, -0.1) is 0 Å². The Hall–Kier alpha value is -0.570. The number of hydrogen-bond acceptors (Lipinski definition) is 2. The Labute approximate surface area is 106 Å². The normalized spacial score (nSPS) is 25.4. The second kappa shape index (κ2) is 5.67. The number of aromatic nitrogens is 1. The fourth-order valence-electron chi connectivity index (χ4n) is 2.36. The fraction of sp³-hybridized carbons (Fsp3) is 0.615. The van der Waals surface area contributed by atoms with Crippen LogP contribution in [0.4, 0.5) is 0 Å². The molecule has 0 spiro atoms. The lowest BCUT2D eigenvalue weighted by Gasteiger charge is -2.29. The summed E-state index contributed by atoms with van der Waals surface area (Å²) in [6, 6.07) is 3.90. The topological polar surface area (TPSA) is 22.1 Å². The molecule has 88 valence electrons. The molecule has 2 nitrogen and oxygen atoms in total. The first-order chi connectivity index (χ1) is 7.79. The third-order valence-electron chi connectivity index (χ3n) is 3.33. The van der Waals surface area contributed by atoms with Crippen molar-refractivity contribution in [1.82, 2.24) is 4.98 Å². The maximum Gasteiger partial charge on any atom is 0.152 e. The lowest BCUT2D eigenvalue weighted by atomic mass is 9.85. The van der Waals surface area contributed by atoms with E-state index < -0.39 is 0 Å². The summed E-state index contributed by atoms with van der Waals surface area (Å²) >= 11 is 3.42. The second-order valence-electron chi connectivity index (χ2n) is 4.47. The average molecular weight is 284 g/mol. The minimum atomic E-state index is 0.374. The molecule has 1 aromatic heterocycles. The zero-order valence-corrected chi connectivity index (χ0v) is 11.2. The molecule has 0 aromatic carbocycles. The van der Waals surface area contributed by atoms with Crippen LogP contribution in [0.2, 0.25) is 0 Å². The van der Waals surface area contributed by atoms with E-state index in [9.17, 15) is 0 Å². The summed E-state index contributed by atoms with van der Waals surface area (Å²) in [6.07, 6.45) is 8.45. The van der Waals surface area contributed by atoms with Crippen molar-refractivity contribution in [2.75, 3.05) is 0 Å². The van der Waals surface area contributed by atoms with Gasteiger partial charge in [0, 0.05) is 6.20 Å². The van der Waals surface area contributed by atoms with Gasteiger partial charge in [-0.25, -0.2) is 4.98 Å². The molecule has 0 radical (unpaired) electrons. The summed E-state index contributed by atoms with van der Waals surface area (Å²) in [6.45, 7) is 2.27. The largest absolute Gasteiger partial charge is 0.488 e. The van der Waals surface area contributed by atoms with Gasteiger partial charge >= 0.3 is 0 Å². The Bertz CT molecular complexity index is 342. The highest BCUT2D eigenvalue weighted by molar-refractivity contribution is 9.10. The van der Waals surface area contributed by atoms with Gasteiger partial charge in [0.05, 0.1) is 6.10 Å². The number of nitrogens with zero attached hydrogens (tertiary/aromatic N) is 1. The van der Waals surface area contributed by atoms with E-state index in [1.165, 1.54) is 32.1 Å². The summed E-state index contributed by atoms with van der Waals surface area (Å²) < 4.78 is 6.82. The van der Waals surface area contributed by atoms with Gasteiger partial charge in [-0.1, -0.05) is 19.8 Å². The number of rotatable bonds is 3. The molecule has 2 unspecified atom stereocenters. The Morgan fingerprint density at radius 1 is 1.50 bits per heavy atom. The molecule has 1 aliphatic rings. The molecular formula is C13H18BrNO. The summed E-state index contributed by atoms with van der Waals surface area (Å²) in [4.78, 5) is 4.18. The molecule has 1 heterocycles. The van der Waals surface area contributed by atoms with Gasteiger partial charge in [-0.3, -0.25) is 0 Å². The van der Waals surface area contributed by atoms with E-state index in [4.69, 9.17) is 4.74 Å². The first-order valence-corrected chi connectivity index (χ1v) is 6.86. The Kier molecular flexibility index (Phi) is 4.22. The van der Waals surface area contributed by atoms with Crippen molar-refractivity contribution in [3.8, 4) is 5.75 Å². The van der Waals surface area contributed by atoms with E-state index in [-0.39, 0.29) is 0 Å². The highest BCUT2D eigenvalue weighted by Gasteiger charge is 2.22. The molecule has 2 atom stereocenters. The van der Waals surface area contributed by atoms with Crippen LogP contribution in [0.1, 0.15) is 39.0 Å². The van der Waals surface area contributed by atoms with Crippen LogP contribution in [0.15, 0.2) is 22.9 Å².